The first kappa shape index (κ1) is 7.21. The number of hydrogen-bond acceptors (Lipinski definition) is 1. The van der Waals surface area contributed by atoms with E-state index in [9.17, 15) is 4.79 Å². The fraction of sp³-hybridized carbons (Fsp3) is 0.500. The summed E-state index contributed by atoms with van der Waals surface area (Å²) in [6.45, 7) is 2.08. The summed E-state index contributed by atoms with van der Waals surface area (Å²) in [5, 5.41) is 2.30. The second kappa shape index (κ2) is 6.21. The van der Waals surface area contributed by atoms with Gasteiger partial charge >= 0.3 is 6.41 Å². The van der Waals surface area contributed by atoms with Gasteiger partial charge in [-0.2, -0.15) is 0 Å². The van der Waals surface area contributed by atoms with Crippen LogP contribution >= 0.6 is 0 Å². The smallest absolute Gasteiger partial charge is 0.313 e. The van der Waals surface area contributed by atoms with Crippen LogP contribution in [0.2, 0.25) is 0 Å². The molecular weight excluding hydrogens is 102 g/mol. The number of allylic oxidation sites excluding steroid dienone is 1. The Balaban J connectivity index is 2.94. The molecule has 0 fully saturated rings. The third kappa shape index (κ3) is 5.21. The van der Waals surface area contributed by atoms with E-state index in [0.29, 0.717) is 0 Å². The third-order valence-corrected chi connectivity index (χ3v) is 0.715. The third-order valence-electron chi connectivity index (χ3n) is 0.715. The monoisotopic (exact) mass is 112 g/mol. The number of rotatable bonds is 4. The van der Waals surface area contributed by atoms with Gasteiger partial charge in [0.2, 0.25) is 0 Å². The van der Waals surface area contributed by atoms with E-state index in [1.54, 1.807) is 6.20 Å². The summed E-state index contributed by atoms with van der Waals surface area (Å²) in [7, 11) is 0. The van der Waals surface area contributed by atoms with Crippen LogP contribution in [0.4, 0.5) is 0 Å². The zero-order valence-corrected chi connectivity index (χ0v) is 4.98. The Morgan fingerprint density at radius 1 is 1.75 bits per heavy atom. The Hall–Kier alpha value is -0.790. The molecule has 1 radical (unpaired) electrons. The van der Waals surface area contributed by atoms with Gasteiger partial charge in [-0.15, -0.1) is 0 Å². The van der Waals surface area contributed by atoms with Crippen LogP contribution in [-0.2, 0) is 4.79 Å². The second-order valence-electron chi connectivity index (χ2n) is 1.44. The van der Waals surface area contributed by atoms with Gasteiger partial charge < -0.3 is 5.32 Å². The van der Waals surface area contributed by atoms with Crippen molar-refractivity contribution in [2.75, 3.05) is 0 Å². The molecule has 0 saturated carbocycles. The van der Waals surface area contributed by atoms with Crippen molar-refractivity contribution in [3.63, 3.8) is 0 Å². The minimum atomic E-state index is 1.01. The van der Waals surface area contributed by atoms with Crippen LogP contribution in [0.25, 0.3) is 0 Å². The Kier molecular flexibility index (Phi) is 5.60. The van der Waals surface area contributed by atoms with Crippen LogP contribution in [0.1, 0.15) is 19.8 Å². The molecule has 0 rings (SSSR count). The SMILES string of the molecule is CCC/C=C/N[C]=O. The lowest BCUT2D eigenvalue weighted by Gasteiger charge is -1.81. The summed E-state index contributed by atoms with van der Waals surface area (Å²) in [6.07, 6.45) is 7.14. The summed E-state index contributed by atoms with van der Waals surface area (Å²) >= 11 is 0. The number of nitrogens with one attached hydrogen (secondary N) is 1. The number of hydrogen-bond donors (Lipinski definition) is 1. The molecule has 45 valence electrons. The molecule has 0 heterocycles. The molecule has 0 aliphatic carbocycles. The largest absolute Gasteiger partial charge is 0.325 e. The highest BCUT2D eigenvalue weighted by molar-refractivity contribution is 5.48. The van der Waals surface area contributed by atoms with Gasteiger partial charge in [-0.1, -0.05) is 19.4 Å². The molecule has 0 aliphatic rings. The predicted octanol–water partition coefficient (Wildman–Crippen LogP) is 0.957. The first-order valence-electron chi connectivity index (χ1n) is 2.69. The zero-order chi connectivity index (χ0) is 6.24. The average Bonchev–Trinajstić information content (AvgIpc) is 1.81. The molecule has 0 atom stereocenters. The minimum Gasteiger partial charge on any atom is -0.325 e. The standard InChI is InChI=1S/C6H10NO/c1-2-3-4-5-7-6-8/h4-5H,2-3H2,1H3,(H,7,8)/b5-4+. The van der Waals surface area contributed by atoms with Crippen LogP contribution in [0.3, 0.4) is 0 Å². The van der Waals surface area contributed by atoms with E-state index in [4.69, 9.17) is 0 Å². The second-order valence-corrected chi connectivity index (χ2v) is 1.44. The van der Waals surface area contributed by atoms with Gasteiger partial charge in [0.15, 0.2) is 0 Å². The molecule has 0 unspecified atom stereocenters. The van der Waals surface area contributed by atoms with Crippen LogP contribution in [0.15, 0.2) is 12.3 Å². The van der Waals surface area contributed by atoms with E-state index in [2.05, 4.69) is 12.2 Å². The Morgan fingerprint density at radius 2 is 2.50 bits per heavy atom. The van der Waals surface area contributed by atoms with Crippen molar-refractivity contribution in [3.05, 3.63) is 12.3 Å². The van der Waals surface area contributed by atoms with Crippen molar-refractivity contribution >= 4 is 6.41 Å². The molecule has 0 aromatic carbocycles. The molecule has 0 bridgehead atoms. The molecule has 0 aromatic heterocycles. The van der Waals surface area contributed by atoms with Crippen LogP contribution in [-0.4, -0.2) is 6.41 Å². The highest BCUT2D eigenvalue weighted by Crippen LogP contribution is 1.84. The van der Waals surface area contributed by atoms with Crippen LogP contribution in [0.5, 0.6) is 0 Å². The number of carbonyl (C=O) groups excluding carboxylic acids is 1. The van der Waals surface area contributed by atoms with Gasteiger partial charge in [0.05, 0.1) is 0 Å². The number of amides is 1. The predicted molar refractivity (Wildman–Crippen MR) is 32.9 cm³/mol. The maximum absolute atomic E-state index is 9.48. The van der Waals surface area contributed by atoms with Crippen molar-refractivity contribution in [2.45, 2.75) is 19.8 Å². The molecule has 0 spiro atoms. The lowest BCUT2D eigenvalue weighted by atomic mass is 10.3. The van der Waals surface area contributed by atoms with E-state index in [0.717, 1.165) is 12.8 Å². The maximum Gasteiger partial charge on any atom is 0.313 e. The fourth-order valence-corrected chi connectivity index (χ4v) is 0.343. The molecule has 0 aliphatic heterocycles. The first-order chi connectivity index (χ1) is 3.91. The van der Waals surface area contributed by atoms with Crippen molar-refractivity contribution in [1.29, 1.82) is 0 Å². The van der Waals surface area contributed by atoms with Crippen LogP contribution < -0.4 is 5.32 Å². The van der Waals surface area contributed by atoms with Crippen molar-refractivity contribution in [3.8, 4) is 0 Å². The van der Waals surface area contributed by atoms with Crippen molar-refractivity contribution in [1.82, 2.24) is 5.32 Å². The summed E-state index contributed by atoms with van der Waals surface area (Å²) in [5.41, 5.74) is 0. The Labute approximate surface area is 49.6 Å². The quantitative estimate of drug-likeness (QED) is 0.539. The van der Waals surface area contributed by atoms with Gasteiger partial charge in [-0.25, -0.2) is 0 Å². The Bertz CT molecular complexity index is 78.6. The maximum atomic E-state index is 9.48. The molecule has 1 N–H and O–H groups in total. The van der Waals surface area contributed by atoms with Gasteiger partial charge in [-0.3, -0.25) is 4.79 Å². The molecule has 2 heteroatoms. The van der Waals surface area contributed by atoms with E-state index < -0.39 is 0 Å². The minimum absolute atomic E-state index is 1.01. The van der Waals surface area contributed by atoms with Gasteiger partial charge in [0.1, 0.15) is 0 Å². The molecule has 0 saturated heterocycles. The van der Waals surface area contributed by atoms with Crippen molar-refractivity contribution in [2.24, 2.45) is 0 Å². The number of unbranched alkanes of at least 4 members (excludes halogenated alkanes) is 1. The average molecular weight is 112 g/mol. The van der Waals surface area contributed by atoms with Crippen molar-refractivity contribution < 1.29 is 4.79 Å². The van der Waals surface area contributed by atoms with Gasteiger partial charge in [-0.05, 0) is 6.42 Å². The molecule has 2 nitrogen and oxygen atoms in total. The summed E-state index contributed by atoms with van der Waals surface area (Å²) < 4.78 is 0. The summed E-state index contributed by atoms with van der Waals surface area (Å²) in [6, 6.07) is 0. The fourth-order valence-electron chi connectivity index (χ4n) is 0.343. The van der Waals surface area contributed by atoms with Crippen LogP contribution in [0, 0.1) is 0 Å². The summed E-state index contributed by atoms with van der Waals surface area (Å²) in [4.78, 5) is 9.48. The molecule has 8 heavy (non-hydrogen) atoms. The first-order valence-corrected chi connectivity index (χ1v) is 2.69. The van der Waals surface area contributed by atoms with E-state index >= 15 is 0 Å². The Morgan fingerprint density at radius 3 is 3.00 bits per heavy atom. The molecule has 1 amide bonds. The normalized spacial score (nSPS) is 9.62. The zero-order valence-electron chi connectivity index (χ0n) is 4.98. The van der Waals surface area contributed by atoms with E-state index in [1.807, 2.05) is 6.08 Å². The van der Waals surface area contributed by atoms with E-state index in [-0.39, 0.29) is 0 Å². The molecule has 0 aromatic rings. The van der Waals surface area contributed by atoms with Gasteiger partial charge in [0, 0.05) is 6.20 Å². The summed E-state index contributed by atoms with van der Waals surface area (Å²) in [5.74, 6) is 0. The van der Waals surface area contributed by atoms with E-state index in [1.165, 1.54) is 6.41 Å². The highest BCUT2D eigenvalue weighted by Gasteiger charge is 1.70. The topological polar surface area (TPSA) is 29.1 Å². The lowest BCUT2D eigenvalue weighted by Crippen LogP contribution is -1.97. The molecular formula is C6H10NO. The van der Waals surface area contributed by atoms with Gasteiger partial charge in [0.25, 0.3) is 0 Å². The lowest BCUT2D eigenvalue weighted by molar-refractivity contribution is 0.550. The highest BCUT2D eigenvalue weighted by atomic mass is 16.1.